The Hall–Kier alpha value is -1.62. The predicted octanol–water partition coefficient (Wildman–Crippen LogP) is 2.79. The largest absolute Gasteiger partial charge is 0.385 e. The lowest BCUT2D eigenvalue weighted by atomic mass is 10.1. The molecule has 0 spiro atoms. The molecule has 5 nitrogen and oxygen atoms in total. The van der Waals surface area contributed by atoms with E-state index in [-0.39, 0.29) is 11.9 Å². The van der Waals surface area contributed by atoms with Gasteiger partial charge in [0.15, 0.2) is 0 Å². The lowest BCUT2D eigenvalue weighted by Crippen LogP contribution is -2.42. The van der Waals surface area contributed by atoms with Crippen LogP contribution < -0.4 is 5.32 Å². The standard InChI is InChI=1S/C16H27N3O2/c1-5-13(6-2)19(10-11-21-4)16(20)14-12-17-9-8-15(14)18-7-3/h8-9,12-13H,5-7,10-11H2,1-4H3,(H,17,18). The van der Waals surface area contributed by atoms with Crippen LogP contribution in [0.4, 0.5) is 5.69 Å². The first kappa shape index (κ1) is 17.4. The van der Waals surface area contributed by atoms with Gasteiger partial charge in [0.2, 0.25) is 0 Å². The van der Waals surface area contributed by atoms with Crippen molar-refractivity contribution in [2.24, 2.45) is 0 Å². The molecule has 21 heavy (non-hydrogen) atoms. The first-order valence-corrected chi connectivity index (χ1v) is 7.67. The second-order valence-corrected chi connectivity index (χ2v) is 4.91. The first-order chi connectivity index (χ1) is 10.2. The van der Waals surface area contributed by atoms with E-state index in [1.165, 1.54) is 0 Å². The third kappa shape index (κ3) is 4.70. The monoisotopic (exact) mass is 293 g/mol. The van der Waals surface area contributed by atoms with E-state index < -0.39 is 0 Å². The number of aromatic nitrogens is 1. The maximum atomic E-state index is 12.9. The summed E-state index contributed by atoms with van der Waals surface area (Å²) >= 11 is 0. The molecule has 0 aromatic carbocycles. The Bertz CT molecular complexity index is 433. The van der Waals surface area contributed by atoms with Crippen molar-refractivity contribution in [1.29, 1.82) is 0 Å². The molecule has 0 aliphatic heterocycles. The highest BCUT2D eigenvalue weighted by molar-refractivity contribution is 5.99. The van der Waals surface area contributed by atoms with Crippen molar-refractivity contribution >= 4 is 11.6 Å². The average Bonchev–Trinajstić information content (AvgIpc) is 2.52. The molecular weight excluding hydrogens is 266 g/mol. The lowest BCUT2D eigenvalue weighted by molar-refractivity contribution is 0.0590. The van der Waals surface area contributed by atoms with Gasteiger partial charge in [-0.05, 0) is 25.8 Å². The molecule has 0 aliphatic rings. The summed E-state index contributed by atoms with van der Waals surface area (Å²) in [6, 6.07) is 2.07. The molecule has 0 fully saturated rings. The molecule has 5 heteroatoms. The second kappa shape index (κ2) is 9.34. The molecule has 1 heterocycles. The molecule has 118 valence electrons. The van der Waals surface area contributed by atoms with Crippen molar-refractivity contribution in [2.45, 2.75) is 39.7 Å². The van der Waals surface area contributed by atoms with Crippen LogP contribution in [0, 0.1) is 0 Å². The number of hydrogen-bond donors (Lipinski definition) is 1. The number of carbonyl (C=O) groups excluding carboxylic acids is 1. The molecule has 0 unspecified atom stereocenters. The Labute approximate surface area is 127 Å². The maximum Gasteiger partial charge on any atom is 0.257 e. The van der Waals surface area contributed by atoms with Crippen molar-refractivity contribution in [3.05, 3.63) is 24.0 Å². The summed E-state index contributed by atoms with van der Waals surface area (Å²) in [5, 5.41) is 3.22. The van der Waals surface area contributed by atoms with Crippen LogP contribution in [-0.2, 0) is 4.74 Å². The van der Waals surface area contributed by atoms with Crippen molar-refractivity contribution < 1.29 is 9.53 Å². The summed E-state index contributed by atoms with van der Waals surface area (Å²) in [6.45, 7) is 8.14. The number of ether oxygens (including phenoxy) is 1. The van der Waals surface area contributed by atoms with Gasteiger partial charge in [0.1, 0.15) is 0 Å². The normalized spacial score (nSPS) is 10.7. The van der Waals surface area contributed by atoms with Gasteiger partial charge in [-0.15, -0.1) is 0 Å². The van der Waals surface area contributed by atoms with E-state index in [2.05, 4.69) is 24.1 Å². The van der Waals surface area contributed by atoms with Gasteiger partial charge >= 0.3 is 0 Å². The molecule has 0 saturated heterocycles. The van der Waals surface area contributed by atoms with E-state index in [1.54, 1.807) is 19.5 Å². The Balaban J connectivity index is 3.03. The van der Waals surface area contributed by atoms with Gasteiger partial charge in [0, 0.05) is 38.6 Å². The van der Waals surface area contributed by atoms with Crippen LogP contribution in [0.2, 0.25) is 0 Å². The fraction of sp³-hybridized carbons (Fsp3) is 0.625. The Morgan fingerprint density at radius 1 is 1.38 bits per heavy atom. The SMILES string of the molecule is CCNc1ccncc1C(=O)N(CCOC)C(CC)CC. The molecule has 1 aromatic heterocycles. The summed E-state index contributed by atoms with van der Waals surface area (Å²) in [5.74, 6) is 0.0183. The number of pyridine rings is 1. The summed E-state index contributed by atoms with van der Waals surface area (Å²) in [5.41, 5.74) is 1.47. The highest BCUT2D eigenvalue weighted by Crippen LogP contribution is 2.19. The minimum absolute atomic E-state index is 0.0183. The Kier molecular flexibility index (Phi) is 7.75. The zero-order valence-electron chi connectivity index (χ0n) is 13.6. The molecule has 0 saturated carbocycles. The number of rotatable bonds is 9. The van der Waals surface area contributed by atoms with E-state index in [0.717, 1.165) is 25.1 Å². The number of nitrogens with zero attached hydrogens (tertiary/aromatic N) is 2. The molecule has 1 rings (SSSR count). The van der Waals surface area contributed by atoms with Crippen molar-refractivity contribution in [3.63, 3.8) is 0 Å². The van der Waals surface area contributed by atoms with Crippen LogP contribution in [-0.4, -0.2) is 48.6 Å². The average molecular weight is 293 g/mol. The van der Waals surface area contributed by atoms with Crippen LogP contribution in [0.5, 0.6) is 0 Å². The number of amides is 1. The van der Waals surface area contributed by atoms with E-state index in [9.17, 15) is 4.79 Å². The zero-order chi connectivity index (χ0) is 15.7. The third-order valence-electron chi connectivity index (χ3n) is 3.60. The number of methoxy groups -OCH3 is 1. The van der Waals surface area contributed by atoms with Gasteiger partial charge in [0.25, 0.3) is 5.91 Å². The van der Waals surface area contributed by atoms with Crippen LogP contribution in [0.1, 0.15) is 44.0 Å². The lowest BCUT2D eigenvalue weighted by Gasteiger charge is -2.31. The minimum Gasteiger partial charge on any atom is -0.385 e. The highest BCUT2D eigenvalue weighted by Gasteiger charge is 2.24. The summed E-state index contributed by atoms with van der Waals surface area (Å²) < 4.78 is 5.15. The Morgan fingerprint density at radius 2 is 2.10 bits per heavy atom. The Morgan fingerprint density at radius 3 is 2.67 bits per heavy atom. The molecule has 0 bridgehead atoms. The fourth-order valence-corrected chi connectivity index (χ4v) is 2.43. The summed E-state index contributed by atoms with van der Waals surface area (Å²) in [7, 11) is 1.66. The second-order valence-electron chi connectivity index (χ2n) is 4.91. The summed E-state index contributed by atoms with van der Waals surface area (Å²) in [4.78, 5) is 18.9. The van der Waals surface area contributed by atoms with E-state index >= 15 is 0 Å². The van der Waals surface area contributed by atoms with Crippen molar-refractivity contribution in [2.75, 3.05) is 32.1 Å². The number of hydrogen-bond acceptors (Lipinski definition) is 4. The number of nitrogens with one attached hydrogen (secondary N) is 1. The van der Waals surface area contributed by atoms with Crippen LogP contribution >= 0.6 is 0 Å². The van der Waals surface area contributed by atoms with Gasteiger partial charge in [0.05, 0.1) is 17.9 Å². The smallest absolute Gasteiger partial charge is 0.257 e. The fourth-order valence-electron chi connectivity index (χ4n) is 2.43. The topological polar surface area (TPSA) is 54.5 Å². The van der Waals surface area contributed by atoms with Crippen LogP contribution in [0.15, 0.2) is 18.5 Å². The third-order valence-corrected chi connectivity index (χ3v) is 3.60. The molecule has 0 aliphatic carbocycles. The van der Waals surface area contributed by atoms with E-state index in [0.29, 0.717) is 18.7 Å². The van der Waals surface area contributed by atoms with Gasteiger partial charge in [-0.25, -0.2) is 0 Å². The quantitative estimate of drug-likeness (QED) is 0.760. The van der Waals surface area contributed by atoms with Gasteiger partial charge < -0.3 is 15.0 Å². The maximum absolute atomic E-state index is 12.9. The molecule has 1 aromatic rings. The molecule has 0 radical (unpaired) electrons. The first-order valence-electron chi connectivity index (χ1n) is 7.67. The molecular formula is C16H27N3O2. The van der Waals surface area contributed by atoms with Crippen molar-refractivity contribution in [3.8, 4) is 0 Å². The van der Waals surface area contributed by atoms with E-state index in [1.807, 2.05) is 17.9 Å². The predicted molar refractivity (Wildman–Crippen MR) is 85.7 cm³/mol. The van der Waals surface area contributed by atoms with Crippen LogP contribution in [0.3, 0.4) is 0 Å². The van der Waals surface area contributed by atoms with Crippen molar-refractivity contribution in [1.82, 2.24) is 9.88 Å². The molecule has 1 N–H and O–H groups in total. The van der Waals surface area contributed by atoms with Gasteiger partial charge in [-0.2, -0.15) is 0 Å². The minimum atomic E-state index is 0.0183. The molecule has 1 amide bonds. The zero-order valence-corrected chi connectivity index (χ0v) is 13.6. The number of carbonyl (C=O) groups is 1. The van der Waals surface area contributed by atoms with Gasteiger partial charge in [-0.3, -0.25) is 9.78 Å². The summed E-state index contributed by atoms with van der Waals surface area (Å²) in [6.07, 6.45) is 5.21. The number of anilines is 1. The van der Waals surface area contributed by atoms with Gasteiger partial charge in [-0.1, -0.05) is 13.8 Å². The van der Waals surface area contributed by atoms with Crippen LogP contribution in [0.25, 0.3) is 0 Å². The highest BCUT2D eigenvalue weighted by atomic mass is 16.5. The van der Waals surface area contributed by atoms with E-state index in [4.69, 9.17) is 4.74 Å². The molecule has 0 atom stereocenters.